The average Bonchev–Trinajstić information content (AvgIpc) is 2.79. The van der Waals surface area contributed by atoms with Crippen molar-refractivity contribution in [1.82, 2.24) is 4.98 Å². The van der Waals surface area contributed by atoms with Gasteiger partial charge in [0.15, 0.2) is 0 Å². The number of rotatable bonds is 6. The summed E-state index contributed by atoms with van der Waals surface area (Å²) in [5, 5.41) is 12.0. The molecular weight excluding hydrogens is 392 g/mol. The van der Waals surface area contributed by atoms with Crippen molar-refractivity contribution < 1.29 is 0 Å². The van der Waals surface area contributed by atoms with Crippen LogP contribution in [-0.4, -0.2) is 10.8 Å². The average molecular weight is 413 g/mol. The molecule has 0 spiro atoms. The fourth-order valence-electron chi connectivity index (χ4n) is 3.73. The standard InChI is InChI=1S/C25H21ClN4/c26-23-16-22(21(17-29-23)24(27)28)30-25(18-10-4-1-5-11-18,19-12-6-2-7-13-19)20-14-8-3-9-15-20/h1-17H,(H3,27,28)(H,29,30). The summed E-state index contributed by atoms with van der Waals surface area (Å²) in [4.78, 5) is 4.11. The predicted molar refractivity (Wildman–Crippen MR) is 123 cm³/mol. The van der Waals surface area contributed by atoms with Crippen molar-refractivity contribution in [1.29, 1.82) is 5.41 Å². The van der Waals surface area contributed by atoms with E-state index in [4.69, 9.17) is 22.7 Å². The Morgan fingerprint density at radius 1 is 0.800 bits per heavy atom. The SMILES string of the molecule is N=C(N)c1cnc(Cl)cc1NC(c1ccccc1)(c1ccccc1)c1ccccc1. The molecule has 0 unspecified atom stereocenters. The van der Waals surface area contributed by atoms with Gasteiger partial charge in [0, 0.05) is 6.20 Å². The van der Waals surface area contributed by atoms with Gasteiger partial charge in [-0.1, -0.05) is 103 Å². The van der Waals surface area contributed by atoms with E-state index in [2.05, 4.69) is 46.7 Å². The minimum absolute atomic E-state index is 0.0789. The van der Waals surface area contributed by atoms with Gasteiger partial charge in [0.05, 0.1) is 11.3 Å². The van der Waals surface area contributed by atoms with E-state index in [1.165, 1.54) is 6.20 Å². The first-order valence-electron chi connectivity index (χ1n) is 9.56. The zero-order valence-electron chi connectivity index (χ0n) is 16.2. The van der Waals surface area contributed by atoms with Gasteiger partial charge in [-0.3, -0.25) is 5.41 Å². The maximum absolute atomic E-state index is 8.02. The van der Waals surface area contributed by atoms with E-state index in [0.29, 0.717) is 16.4 Å². The second-order valence-corrected chi connectivity index (χ2v) is 7.33. The van der Waals surface area contributed by atoms with Gasteiger partial charge >= 0.3 is 0 Å². The van der Waals surface area contributed by atoms with E-state index in [1.807, 2.05) is 54.6 Å². The first kappa shape index (κ1) is 19.7. The summed E-state index contributed by atoms with van der Waals surface area (Å²) < 4.78 is 0. The lowest BCUT2D eigenvalue weighted by molar-refractivity contribution is 0.711. The molecule has 148 valence electrons. The molecule has 0 bridgehead atoms. The van der Waals surface area contributed by atoms with Gasteiger partial charge in [0.2, 0.25) is 0 Å². The van der Waals surface area contributed by atoms with Crippen LogP contribution in [0.2, 0.25) is 5.15 Å². The second kappa shape index (κ2) is 8.39. The Balaban J connectivity index is 2.04. The molecule has 0 atom stereocenters. The first-order valence-corrected chi connectivity index (χ1v) is 9.94. The highest BCUT2D eigenvalue weighted by atomic mass is 35.5. The minimum atomic E-state index is -0.737. The molecule has 1 aromatic heterocycles. The third kappa shape index (κ3) is 3.65. The van der Waals surface area contributed by atoms with Crippen LogP contribution in [0.15, 0.2) is 103 Å². The predicted octanol–water partition coefficient (Wildman–Crippen LogP) is 5.42. The molecule has 5 heteroatoms. The van der Waals surface area contributed by atoms with Crippen LogP contribution in [0.4, 0.5) is 5.69 Å². The van der Waals surface area contributed by atoms with E-state index in [9.17, 15) is 0 Å². The summed E-state index contributed by atoms with van der Waals surface area (Å²) >= 11 is 6.23. The maximum atomic E-state index is 8.02. The highest BCUT2D eigenvalue weighted by Gasteiger charge is 2.37. The van der Waals surface area contributed by atoms with Gasteiger partial charge in [0.25, 0.3) is 0 Å². The Hall–Kier alpha value is -3.63. The first-order chi connectivity index (χ1) is 14.6. The quantitative estimate of drug-likeness (QED) is 0.171. The molecular formula is C25H21ClN4. The molecule has 30 heavy (non-hydrogen) atoms. The number of nitrogens with one attached hydrogen (secondary N) is 2. The van der Waals surface area contributed by atoms with E-state index < -0.39 is 5.54 Å². The van der Waals surface area contributed by atoms with Crippen molar-refractivity contribution in [2.75, 3.05) is 5.32 Å². The monoisotopic (exact) mass is 412 g/mol. The molecule has 0 amide bonds. The van der Waals surface area contributed by atoms with Gasteiger partial charge in [-0.15, -0.1) is 0 Å². The second-order valence-electron chi connectivity index (χ2n) is 6.94. The third-order valence-corrected chi connectivity index (χ3v) is 5.31. The van der Waals surface area contributed by atoms with Crippen molar-refractivity contribution in [3.63, 3.8) is 0 Å². The van der Waals surface area contributed by atoms with E-state index in [0.717, 1.165) is 16.7 Å². The minimum Gasteiger partial charge on any atom is -0.384 e. The Labute approximate surface area is 180 Å². The third-order valence-electron chi connectivity index (χ3n) is 5.10. The van der Waals surface area contributed by atoms with E-state index in [1.54, 1.807) is 6.07 Å². The Bertz CT molecular complexity index is 1050. The van der Waals surface area contributed by atoms with Crippen LogP contribution in [0, 0.1) is 5.41 Å². The number of hydrogen-bond donors (Lipinski definition) is 3. The van der Waals surface area contributed by atoms with E-state index >= 15 is 0 Å². The molecule has 0 fully saturated rings. The number of anilines is 1. The van der Waals surface area contributed by atoms with Crippen molar-refractivity contribution in [2.45, 2.75) is 5.54 Å². The molecule has 3 aromatic carbocycles. The Morgan fingerprint density at radius 3 is 1.63 bits per heavy atom. The van der Waals surface area contributed by atoms with Crippen molar-refractivity contribution >= 4 is 23.1 Å². The number of halogens is 1. The fraction of sp³-hybridized carbons (Fsp3) is 0.0400. The molecule has 4 N–H and O–H groups in total. The number of nitrogens with two attached hydrogens (primary N) is 1. The summed E-state index contributed by atoms with van der Waals surface area (Å²) in [6, 6.07) is 32.3. The Morgan fingerprint density at radius 2 is 1.23 bits per heavy atom. The normalized spacial score (nSPS) is 11.1. The highest BCUT2D eigenvalue weighted by Crippen LogP contribution is 2.40. The molecule has 1 heterocycles. The lowest BCUT2D eigenvalue weighted by Gasteiger charge is -2.38. The van der Waals surface area contributed by atoms with Crippen LogP contribution in [0.5, 0.6) is 0 Å². The lowest BCUT2D eigenvalue weighted by atomic mass is 9.76. The van der Waals surface area contributed by atoms with Crippen LogP contribution in [0.3, 0.4) is 0 Å². The number of nitrogen functional groups attached to an aromatic ring is 1. The number of amidine groups is 1. The van der Waals surface area contributed by atoms with Crippen molar-refractivity contribution in [2.24, 2.45) is 5.73 Å². The molecule has 4 aromatic rings. The topological polar surface area (TPSA) is 74.8 Å². The number of aromatic nitrogens is 1. The van der Waals surface area contributed by atoms with Gasteiger partial charge in [-0.25, -0.2) is 4.98 Å². The number of pyridine rings is 1. The van der Waals surface area contributed by atoms with Gasteiger partial charge in [0.1, 0.15) is 16.5 Å². The van der Waals surface area contributed by atoms with Crippen molar-refractivity contribution in [3.05, 3.63) is 131 Å². The Kier molecular flexibility index (Phi) is 5.50. The van der Waals surface area contributed by atoms with Crippen LogP contribution >= 0.6 is 11.6 Å². The van der Waals surface area contributed by atoms with E-state index in [-0.39, 0.29) is 5.84 Å². The van der Waals surface area contributed by atoms with Gasteiger partial charge in [-0.2, -0.15) is 0 Å². The molecule has 4 nitrogen and oxygen atoms in total. The smallest absolute Gasteiger partial charge is 0.131 e. The lowest BCUT2D eigenvalue weighted by Crippen LogP contribution is -2.38. The highest BCUT2D eigenvalue weighted by molar-refractivity contribution is 6.29. The van der Waals surface area contributed by atoms with Crippen LogP contribution in [0.25, 0.3) is 0 Å². The fourth-order valence-corrected chi connectivity index (χ4v) is 3.89. The van der Waals surface area contributed by atoms with Crippen LogP contribution < -0.4 is 11.1 Å². The van der Waals surface area contributed by atoms with Crippen molar-refractivity contribution in [3.8, 4) is 0 Å². The summed E-state index contributed by atoms with van der Waals surface area (Å²) in [6.45, 7) is 0. The number of benzene rings is 3. The van der Waals surface area contributed by atoms with Crippen LogP contribution in [-0.2, 0) is 5.54 Å². The molecule has 0 saturated carbocycles. The van der Waals surface area contributed by atoms with Gasteiger partial charge in [-0.05, 0) is 22.8 Å². The van der Waals surface area contributed by atoms with Gasteiger partial charge < -0.3 is 11.1 Å². The zero-order chi connectivity index (χ0) is 21.0. The molecule has 0 aliphatic heterocycles. The number of hydrogen-bond acceptors (Lipinski definition) is 3. The largest absolute Gasteiger partial charge is 0.384 e. The summed E-state index contributed by atoms with van der Waals surface area (Å²) in [5.74, 6) is -0.0789. The molecule has 0 saturated heterocycles. The number of nitrogens with zero attached hydrogens (tertiary/aromatic N) is 1. The zero-order valence-corrected chi connectivity index (χ0v) is 17.0. The molecule has 4 rings (SSSR count). The summed E-state index contributed by atoms with van der Waals surface area (Å²) in [6.07, 6.45) is 1.53. The molecule has 0 radical (unpaired) electrons. The van der Waals surface area contributed by atoms with Crippen LogP contribution in [0.1, 0.15) is 22.3 Å². The summed E-state index contributed by atoms with van der Waals surface area (Å²) in [5.41, 5.74) is 9.39. The summed E-state index contributed by atoms with van der Waals surface area (Å²) in [7, 11) is 0. The molecule has 0 aliphatic rings. The molecule has 0 aliphatic carbocycles. The maximum Gasteiger partial charge on any atom is 0.131 e.